The molecule has 0 unspecified atom stereocenters. The number of benzene rings is 1. The van der Waals surface area contributed by atoms with Gasteiger partial charge in [0.2, 0.25) is 5.91 Å². The summed E-state index contributed by atoms with van der Waals surface area (Å²) in [6.45, 7) is 4.01. The van der Waals surface area contributed by atoms with Crippen molar-refractivity contribution in [3.05, 3.63) is 35.6 Å². The van der Waals surface area contributed by atoms with Crippen molar-refractivity contribution in [2.75, 3.05) is 13.1 Å². The lowest BCUT2D eigenvalue weighted by atomic mass is 9.93. The fraction of sp³-hybridized carbons (Fsp3) is 0.562. The van der Waals surface area contributed by atoms with Crippen molar-refractivity contribution < 1.29 is 9.18 Å². The number of nitrogens with one attached hydrogen (secondary N) is 2. The van der Waals surface area contributed by atoms with E-state index in [1.807, 2.05) is 13.0 Å². The average molecular weight is 278 g/mol. The topological polar surface area (TPSA) is 41.1 Å². The van der Waals surface area contributed by atoms with Gasteiger partial charge in [-0.1, -0.05) is 12.1 Å². The third kappa shape index (κ3) is 4.60. The second-order valence-electron chi connectivity index (χ2n) is 5.58. The van der Waals surface area contributed by atoms with Crippen LogP contribution in [0.25, 0.3) is 0 Å². The van der Waals surface area contributed by atoms with E-state index < -0.39 is 0 Å². The van der Waals surface area contributed by atoms with Crippen LogP contribution in [0.3, 0.4) is 0 Å². The zero-order valence-corrected chi connectivity index (χ0v) is 12.0. The van der Waals surface area contributed by atoms with Gasteiger partial charge in [-0.2, -0.15) is 0 Å². The van der Waals surface area contributed by atoms with Crippen molar-refractivity contribution >= 4 is 5.91 Å². The summed E-state index contributed by atoms with van der Waals surface area (Å²) in [5.41, 5.74) is 0.806. The van der Waals surface area contributed by atoms with Gasteiger partial charge in [0.1, 0.15) is 5.82 Å². The van der Waals surface area contributed by atoms with Gasteiger partial charge in [-0.05, 0) is 62.9 Å². The zero-order chi connectivity index (χ0) is 14.4. The molecule has 1 heterocycles. The van der Waals surface area contributed by atoms with Crippen LogP contribution in [0, 0.1) is 11.7 Å². The van der Waals surface area contributed by atoms with Gasteiger partial charge in [0.15, 0.2) is 0 Å². The van der Waals surface area contributed by atoms with Crippen LogP contribution in [0.2, 0.25) is 0 Å². The van der Waals surface area contributed by atoms with Gasteiger partial charge in [-0.3, -0.25) is 4.79 Å². The summed E-state index contributed by atoms with van der Waals surface area (Å²) in [5, 5.41) is 6.27. The maximum Gasteiger partial charge on any atom is 0.220 e. The van der Waals surface area contributed by atoms with E-state index >= 15 is 0 Å². The van der Waals surface area contributed by atoms with Crippen molar-refractivity contribution in [2.45, 2.75) is 38.6 Å². The molecule has 4 heteroatoms. The molecule has 0 bridgehead atoms. The number of hydrogen-bond acceptors (Lipinski definition) is 2. The summed E-state index contributed by atoms with van der Waals surface area (Å²) in [5.74, 6) is 0.449. The molecule has 0 aromatic heterocycles. The van der Waals surface area contributed by atoms with Crippen LogP contribution in [0.1, 0.15) is 44.2 Å². The van der Waals surface area contributed by atoms with Crippen molar-refractivity contribution in [3.63, 3.8) is 0 Å². The number of piperidine rings is 1. The van der Waals surface area contributed by atoms with Crippen LogP contribution in [0.15, 0.2) is 24.3 Å². The van der Waals surface area contributed by atoms with E-state index in [2.05, 4.69) is 10.6 Å². The van der Waals surface area contributed by atoms with Gasteiger partial charge in [0.05, 0.1) is 6.04 Å². The van der Waals surface area contributed by atoms with Gasteiger partial charge in [0, 0.05) is 6.42 Å². The predicted octanol–water partition coefficient (Wildman–Crippen LogP) is 2.78. The minimum Gasteiger partial charge on any atom is -0.350 e. The molecule has 0 aliphatic carbocycles. The Morgan fingerprint density at radius 3 is 2.90 bits per heavy atom. The van der Waals surface area contributed by atoms with E-state index in [0.29, 0.717) is 12.3 Å². The minimum absolute atomic E-state index is 0.0558. The van der Waals surface area contributed by atoms with Gasteiger partial charge < -0.3 is 10.6 Å². The Kier molecular flexibility index (Phi) is 5.53. The molecule has 0 saturated carbocycles. The fourth-order valence-electron chi connectivity index (χ4n) is 2.68. The quantitative estimate of drug-likeness (QED) is 0.869. The number of amides is 1. The third-order valence-corrected chi connectivity index (χ3v) is 3.96. The maximum absolute atomic E-state index is 13.1. The molecule has 3 nitrogen and oxygen atoms in total. The van der Waals surface area contributed by atoms with Gasteiger partial charge in [0.25, 0.3) is 0 Å². The monoisotopic (exact) mass is 278 g/mol. The van der Waals surface area contributed by atoms with Crippen LogP contribution >= 0.6 is 0 Å². The first-order valence-electron chi connectivity index (χ1n) is 7.40. The van der Waals surface area contributed by atoms with Crippen LogP contribution < -0.4 is 10.6 Å². The summed E-state index contributed by atoms with van der Waals surface area (Å²) in [6, 6.07) is 6.24. The van der Waals surface area contributed by atoms with E-state index in [1.165, 1.54) is 12.1 Å². The van der Waals surface area contributed by atoms with E-state index in [4.69, 9.17) is 0 Å². The molecule has 1 amide bonds. The van der Waals surface area contributed by atoms with Crippen LogP contribution in [0.4, 0.5) is 4.39 Å². The normalized spacial score (nSPS) is 17.7. The fourth-order valence-corrected chi connectivity index (χ4v) is 2.68. The highest BCUT2D eigenvalue weighted by Crippen LogP contribution is 2.18. The summed E-state index contributed by atoms with van der Waals surface area (Å²) in [4.78, 5) is 11.9. The van der Waals surface area contributed by atoms with Crippen molar-refractivity contribution in [1.29, 1.82) is 0 Å². The minimum atomic E-state index is -0.265. The molecule has 1 saturated heterocycles. The number of rotatable bonds is 5. The Hall–Kier alpha value is -1.42. The average Bonchev–Trinajstić information content (AvgIpc) is 2.46. The Labute approximate surface area is 120 Å². The molecular weight excluding hydrogens is 255 g/mol. The van der Waals surface area contributed by atoms with Crippen molar-refractivity contribution in [2.24, 2.45) is 5.92 Å². The summed E-state index contributed by atoms with van der Waals surface area (Å²) in [7, 11) is 0. The molecule has 0 spiro atoms. The molecule has 1 aliphatic rings. The predicted molar refractivity (Wildman–Crippen MR) is 77.8 cm³/mol. The standard InChI is InChI=1S/C16H23FN2O/c1-12(14-3-2-4-15(17)11-14)19-16(20)6-5-13-7-9-18-10-8-13/h2-4,11-13,18H,5-10H2,1H3,(H,19,20)/t12-/m0/s1. The Balaban J connectivity index is 1.76. The molecule has 0 radical (unpaired) electrons. The van der Waals surface area contributed by atoms with Crippen molar-refractivity contribution in [1.82, 2.24) is 10.6 Å². The molecule has 1 atom stereocenters. The molecule has 2 rings (SSSR count). The van der Waals surface area contributed by atoms with Crippen LogP contribution in [-0.4, -0.2) is 19.0 Å². The smallest absolute Gasteiger partial charge is 0.220 e. The Morgan fingerprint density at radius 2 is 2.20 bits per heavy atom. The number of carbonyl (C=O) groups excluding carboxylic acids is 1. The number of hydrogen-bond donors (Lipinski definition) is 2. The van der Waals surface area contributed by atoms with Crippen LogP contribution in [0.5, 0.6) is 0 Å². The Morgan fingerprint density at radius 1 is 1.45 bits per heavy atom. The second-order valence-corrected chi connectivity index (χ2v) is 5.58. The van der Waals surface area contributed by atoms with Gasteiger partial charge >= 0.3 is 0 Å². The molecule has 20 heavy (non-hydrogen) atoms. The van der Waals surface area contributed by atoms with Crippen molar-refractivity contribution in [3.8, 4) is 0 Å². The van der Waals surface area contributed by atoms with Gasteiger partial charge in [-0.25, -0.2) is 4.39 Å². The first-order chi connectivity index (χ1) is 9.65. The summed E-state index contributed by atoms with van der Waals surface area (Å²) in [6.07, 6.45) is 3.83. The highest BCUT2D eigenvalue weighted by atomic mass is 19.1. The van der Waals surface area contributed by atoms with E-state index in [1.54, 1.807) is 6.07 Å². The Bertz CT molecular complexity index is 444. The summed E-state index contributed by atoms with van der Waals surface area (Å²) >= 11 is 0. The van der Waals surface area contributed by atoms with E-state index in [9.17, 15) is 9.18 Å². The summed E-state index contributed by atoms with van der Waals surface area (Å²) < 4.78 is 13.1. The number of halogens is 1. The number of carbonyl (C=O) groups is 1. The molecule has 1 aromatic rings. The lowest BCUT2D eigenvalue weighted by Gasteiger charge is -2.22. The lowest BCUT2D eigenvalue weighted by molar-refractivity contribution is -0.122. The molecule has 2 N–H and O–H groups in total. The second kappa shape index (κ2) is 7.39. The largest absolute Gasteiger partial charge is 0.350 e. The van der Waals surface area contributed by atoms with E-state index in [-0.39, 0.29) is 17.8 Å². The van der Waals surface area contributed by atoms with Gasteiger partial charge in [-0.15, -0.1) is 0 Å². The van der Waals surface area contributed by atoms with E-state index in [0.717, 1.165) is 37.9 Å². The highest BCUT2D eigenvalue weighted by Gasteiger charge is 2.15. The maximum atomic E-state index is 13.1. The SMILES string of the molecule is C[C@H](NC(=O)CCC1CCNCC1)c1cccc(F)c1. The molecular formula is C16H23FN2O. The molecule has 1 aromatic carbocycles. The van der Waals surface area contributed by atoms with Crippen LogP contribution in [-0.2, 0) is 4.79 Å². The lowest BCUT2D eigenvalue weighted by Crippen LogP contribution is -2.30. The molecule has 1 fully saturated rings. The molecule has 110 valence electrons. The highest BCUT2D eigenvalue weighted by molar-refractivity contribution is 5.76. The zero-order valence-electron chi connectivity index (χ0n) is 12.0. The molecule has 1 aliphatic heterocycles. The first kappa shape index (κ1) is 15.0. The first-order valence-corrected chi connectivity index (χ1v) is 7.40. The third-order valence-electron chi connectivity index (χ3n) is 3.96.